The number of hydroxylamine groups is 2. The van der Waals surface area contributed by atoms with Crippen LogP contribution in [0.1, 0.15) is 36.6 Å². The molecule has 7 heteroatoms. The van der Waals surface area contributed by atoms with E-state index < -0.39 is 17.8 Å². The first-order valence-corrected chi connectivity index (χ1v) is 7.87. The Hall–Kier alpha value is -3.74. The summed E-state index contributed by atoms with van der Waals surface area (Å²) < 4.78 is 1.54. The van der Waals surface area contributed by atoms with Crippen LogP contribution in [0.3, 0.4) is 0 Å². The van der Waals surface area contributed by atoms with Crippen LogP contribution in [0.25, 0.3) is 5.69 Å². The molecule has 0 atom stereocenters. The van der Waals surface area contributed by atoms with Crippen molar-refractivity contribution in [2.24, 2.45) is 0 Å². The molecule has 0 saturated heterocycles. The predicted molar refractivity (Wildman–Crippen MR) is 90.7 cm³/mol. The zero-order valence-electron chi connectivity index (χ0n) is 13.7. The van der Waals surface area contributed by atoms with E-state index in [-0.39, 0.29) is 16.7 Å². The SMILES string of the molecule is Cc1ccccc1-n1cc(C(=O)ON2C(=O)c3ccccc3C2=O)cn1. The predicted octanol–water partition coefficient (Wildman–Crippen LogP) is 2.55. The van der Waals surface area contributed by atoms with Crippen LogP contribution in [0.5, 0.6) is 0 Å². The largest absolute Gasteiger partial charge is 0.367 e. The molecule has 1 aliphatic heterocycles. The van der Waals surface area contributed by atoms with E-state index in [9.17, 15) is 14.4 Å². The van der Waals surface area contributed by atoms with Crippen molar-refractivity contribution >= 4 is 17.8 Å². The van der Waals surface area contributed by atoms with Crippen molar-refractivity contribution in [1.29, 1.82) is 0 Å². The smallest absolute Gasteiger partial charge is 0.324 e. The van der Waals surface area contributed by atoms with Gasteiger partial charge in [-0.3, -0.25) is 9.59 Å². The maximum absolute atomic E-state index is 12.4. The van der Waals surface area contributed by atoms with Crippen LogP contribution >= 0.6 is 0 Å². The molecule has 7 nitrogen and oxygen atoms in total. The lowest BCUT2D eigenvalue weighted by Crippen LogP contribution is -2.32. The number of carbonyl (C=O) groups excluding carboxylic acids is 3. The highest BCUT2D eigenvalue weighted by atomic mass is 16.7. The fourth-order valence-corrected chi connectivity index (χ4v) is 2.77. The summed E-state index contributed by atoms with van der Waals surface area (Å²) in [5, 5.41) is 4.63. The van der Waals surface area contributed by atoms with Gasteiger partial charge in [0.05, 0.1) is 23.0 Å². The number of hydrogen-bond acceptors (Lipinski definition) is 5. The molecule has 0 unspecified atom stereocenters. The minimum atomic E-state index is -0.834. The Morgan fingerprint density at radius 3 is 2.23 bits per heavy atom. The molecule has 2 heterocycles. The second-order valence-electron chi connectivity index (χ2n) is 5.79. The van der Waals surface area contributed by atoms with E-state index in [2.05, 4.69) is 5.10 Å². The summed E-state index contributed by atoms with van der Waals surface area (Å²) in [6, 6.07) is 13.9. The third-order valence-corrected chi connectivity index (χ3v) is 4.11. The van der Waals surface area contributed by atoms with Crippen LogP contribution in [0, 0.1) is 6.92 Å². The van der Waals surface area contributed by atoms with Gasteiger partial charge in [0, 0.05) is 6.20 Å². The molecule has 128 valence electrons. The van der Waals surface area contributed by atoms with Crippen molar-refractivity contribution in [3.63, 3.8) is 0 Å². The Morgan fingerprint density at radius 2 is 1.58 bits per heavy atom. The van der Waals surface area contributed by atoms with Gasteiger partial charge < -0.3 is 4.84 Å². The number of aromatic nitrogens is 2. The number of nitrogens with zero attached hydrogens (tertiary/aromatic N) is 3. The quantitative estimate of drug-likeness (QED) is 0.680. The van der Waals surface area contributed by atoms with Crippen molar-refractivity contribution in [3.05, 3.63) is 83.2 Å². The van der Waals surface area contributed by atoms with Crippen LogP contribution in [0.4, 0.5) is 0 Å². The van der Waals surface area contributed by atoms with E-state index in [0.717, 1.165) is 11.3 Å². The number of rotatable bonds is 3. The zero-order valence-corrected chi connectivity index (χ0v) is 13.7. The topological polar surface area (TPSA) is 81.5 Å². The van der Waals surface area contributed by atoms with Crippen molar-refractivity contribution < 1.29 is 19.2 Å². The summed E-state index contributed by atoms with van der Waals surface area (Å²) in [5.74, 6) is -2.16. The van der Waals surface area contributed by atoms with Crippen LogP contribution < -0.4 is 0 Å². The molecule has 0 saturated carbocycles. The highest BCUT2D eigenvalue weighted by Crippen LogP contribution is 2.23. The number of imide groups is 1. The second kappa shape index (κ2) is 5.96. The van der Waals surface area contributed by atoms with Crippen LogP contribution in [-0.2, 0) is 4.84 Å². The first kappa shape index (κ1) is 15.8. The lowest BCUT2D eigenvalue weighted by Gasteiger charge is -2.11. The van der Waals surface area contributed by atoms with Crippen molar-refractivity contribution in [3.8, 4) is 5.69 Å². The molecule has 0 N–H and O–H groups in total. The Kier molecular flexibility index (Phi) is 3.62. The van der Waals surface area contributed by atoms with Gasteiger partial charge in [0.25, 0.3) is 11.8 Å². The van der Waals surface area contributed by atoms with Gasteiger partial charge in [-0.15, -0.1) is 0 Å². The van der Waals surface area contributed by atoms with Crippen LogP contribution in [0.15, 0.2) is 60.9 Å². The number of para-hydroxylation sites is 1. The molecule has 2 aromatic carbocycles. The van der Waals surface area contributed by atoms with Crippen molar-refractivity contribution in [2.45, 2.75) is 6.92 Å². The molecule has 1 aliphatic rings. The van der Waals surface area contributed by atoms with Gasteiger partial charge in [-0.05, 0) is 30.7 Å². The molecule has 2 amide bonds. The van der Waals surface area contributed by atoms with E-state index in [1.165, 1.54) is 29.2 Å². The monoisotopic (exact) mass is 347 g/mol. The Morgan fingerprint density at radius 1 is 0.962 bits per heavy atom. The van der Waals surface area contributed by atoms with E-state index in [0.29, 0.717) is 5.06 Å². The average Bonchev–Trinajstić information content (AvgIpc) is 3.23. The van der Waals surface area contributed by atoms with Crippen LogP contribution in [0.2, 0.25) is 0 Å². The standard InChI is InChI=1S/C19H13N3O4/c1-12-6-2-5-9-16(12)21-11-13(10-20-21)19(25)26-22-17(23)14-7-3-4-8-15(14)18(22)24/h2-11H,1H3. The average molecular weight is 347 g/mol. The normalized spacial score (nSPS) is 13.0. The summed E-state index contributed by atoms with van der Waals surface area (Å²) in [6.45, 7) is 1.92. The van der Waals surface area contributed by atoms with Crippen molar-refractivity contribution in [1.82, 2.24) is 14.8 Å². The fourth-order valence-electron chi connectivity index (χ4n) is 2.77. The second-order valence-corrected chi connectivity index (χ2v) is 5.79. The van der Waals surface area contributed by atoms with Gasteiger partial charge in [-0.1, -0.05) is 35.4 Å². The highest BCUT2D eigenvalue weighted by Gasteiger charge is 2.38. The Labute approximate surface area is 148 Å². The molecule has 4 rings (SSSR count). The number of hydrogen-bond donors (Lipinski definition) is 0. The van der Waals surface area contributed by atoms with Gasteiger partial charge in [0.1, 0.15) is 5.56 Å². The summed E-state index contributed by atoms with van der Waals surface area (Å²) in [7, 11) is 0. The number of benzene rings is 2. The van der Waals surface area contributed by atoms with E-state index in [4.69, 9.17) is 4.84 Å². The van der Waals surface area contributed by atoms with Crippen molar-refractivity contribution in [2.75, 3.05) is 0 Å². The lowest BCUT2D eigenvalue weighted by atomic mass is 10.1. The Bertz CT molecular complexity index is 1020. The molecule has 0 radical (unpaired) electrons. The molecule has 1 aromatic heterocycles. The third-order valence-electron chi connectivity index (χ3n) is 4.11. The van der Waals surface area contributed by atoms with E-state index in [1.54, 1.807) is 12.1 Å². The van der Waals surface area contributed by atoms with Crippen LogP contribution in [-0.4, -0.2) is 32.6 Å². The summed E-state index contributed by atoms with van der Waals surface area (Å²) >= 11 is 0. The van der Waals surface area contributed by atoms with Gasteiger partial charge in [0.15, 0.2) is 0 Å². The number of fused-ring (bicyclic) bond motifs is 1. The van der Waals surface area contributed by atoms with Gasteiger partial charge in [-0.25, -0.2) is 9.48 Å². The maximum Gasteiger partial charge on any atom is 0.367 e. The first-order valence-electron chi connectivity index (χ1n) is 7.87. The summed E-state index contributed by atoms with van der Waals surface area (Å²) in [4.78, 5) is 41.9. The fraction of sp³-hybridized carbons (Fsp3) is 0.0526. The number of amides is 2. The summed E-state index contributed by atoms with van der Waals surface area (Å²) in [6.07, 6.45) is 2.82. The highest BCUT2D eigenvalue weighted by molar-refractivity contribution is 6.21. The van der Waals surface area contributed by atoms with E-state index >= 15 is 0 Å². The molecular formula is C19H13N3O4. The zero-order chi connectivity index (χ0) is 18.3. The molecule has 0 fully saturated rings. The number of carbonyl (C=O) groups is 3. The minimum Gasteiger partial charge on any atom is -0.324 e. The molecule has 0 bridgehead atoms. The minimum absolute atomic E-state index is 0.129. The molecule has 0 aliphatic carbocycles. The van der Waals surface area contributed by atoms with Gasteiger partial charge in [-0.2, -0.15) is 5.10 Å². The van der Waals surface area contributed by atoms with E-state index in [1.807, 2.05) is 31.2 Å². The maximum atomic E-state index is 12.4. The summed E-state index contributed by atoms with van der Waals surface area (Å²) in [5.41, 5.74) is 2.34. The molecule has 26 heavy (non-hydrogen) atoms. The van der Waals surface area contributed by atoms with Gasteiger partial charge in [0.2, 0.25) is 0 Å². The van der Waals surface area contributed by atoms with Gasteiger partial charge >= 0.3 is 5.97 Å². The first-order chi connectivity index (χ1) is 12.6. The third kappa shape index (κ3) is 2.46. The lowest BCUT2D eigenvalue weighted by molar-refractivity contribution is -0.0584. The molecule has 3 aromatic rings. The number of aryl methyl sites for hydroxylation is 1. The Balaban J connectivity index is 1.56. The molecular weight excluding hydrogens is 334 g/mol. The molecule has 0 spiro atoms.